The van der Waals surface area contributed by atoms with E-state index < -0.39 is 0 Å². The van der Waals surface area contributed by atoms with Crippen molar-refractivity contribution in [3.8, 4) is 0 Å². The lowest BCUT2D eigenvalue weighted by Crippen LogP contribution is -2.31. The molecule has 0 atom stereocenters. The predicted octanol–water partition coefficient (Wildman–Crippen LogP) is 3.96. The summed E-state index contributed by atoms with van der Waals surface area (Å²) in [6, 6.07) is 17.6. The van der Waals surface area contributed by atoms with Crippen LogP contribution in [0.15, 0.2) is 60.8 Å². The summed E-state index contributed by atoms with van der Waals surface area (Å²) in [7, 11) is 0. The van der Waals surface area contributed by atoms with Crippen molar-refractivity contribution in [2.75, 3.05) is 23.4 Å². The molecule has 0 amide bonds. The molecule has 2 aromatic carbocycles. The van der Waals surface area contributed by atoms with E-state index in [2.05, 4.69) is 44.5 Å². The number of aromatic nitrogens is 2. The second-order valence-electron chi connectivity index (χ2n) is 6.60. The summed E-state index contributed by atoms with van der Waals surface area (Å²) in [5.74, 6) is 1.10. The summed E-state index contributed by atoms with van der Waals surface area (Å²) in [4.78, 5) is 23.0. The van der Waals surface area contributed by atoms with E-state index in [1.165, 1.54) is 11.1 Å². The van der Waals surface area contributed by atoms with Gasteiger partial charge in [-0.25, -0.2) is 9.78 Å². The van der Waals surface area contributed by atoms with Crippen LogP contribution in [0.3, 0.4) is 0 Å². The summed E-state index contributed by atoms with van der Waals surface area (Å²) < 4.78 is 5.00. The molecule has 4 rings (SSSR count). The van der Waals surface area contributed by atoms with Crippen LogP contribution in [0.25, 0.3) is 0 Å². The Morgan fingerprint density at radius 1 is 1.11 bits per heavy atom. The minimum absolute atomic E-state index is 0.322. The predicted molar refractivity (Wildman–Crippen MR) is 109 cm³/mol. The fraction of sp³-hybridized carbons (Fsp3) is 0.227. The molecule has 1 aromatic heterocycles. The van der Waals surface area contributed by atoms with Gasteiger partial charge in [0.05, 0.1) is 12.2 Å². The average molecular weight is 374 g/mol. The summed E-state index contributed by atoms with van der Waals surface area (Å²) in [6.45, 7) is 3.93. The Labute approximate surface area is 164 Å². The molecule has 28 heavy (non-hydrogen) atoms. The molecule has 1 aliphatic rings. The maximum absolute atomic E-state index is 11.7. The number of esters is 1. The van der Waals surface area contributed by atoms with Crippen LogP contribution < -0.4 is 10.2 Å². The number of nitrogens with zero attached hydrogens (tertiary/aromatic N) is 3. The lowest BCUT2D eigenvalue weighted by Gasteiger charge is -2.29. The number of hydrogen-bond acceptors (Lipinski definition) is 6. The van der Waals surface area contributed by atoms with Gasteiger partial charge in [-0.15, -0.1) is 0 Å². The van der Waals surface area contributed by atoms with Crippen molar-refractivity contribution in [2.45, 2.75) is 19.9 Å². The molecule has 1 N–H and O–H groups in total. The quantitative estimate of drug-likeness (QED) is 0.682. The van der Waals surface area contributed by atoms with Crippen LogP contribution in [0.1, 0.15) is 28.4 Å². The molecule has 6 heteroatoms. The van der Waals surface area contributed by atoms with Gasteiger partial charge in [-0.2, -0.15) is 4.98 Å². The molecule has 0 radical (unpaired) electrons. The Kier molecular flexibility index (Phi) is 5.19. The normalized spacial score (nSPS) is 13.0. The minimum atomic E-state index is -0.322. The molecule has 0 saturated carbocycles. The average Bonchev–Trinajstić information content (AvgIpc) is 2.74. The highest BCUT2D eigenvalue weighted by atomic mass is 16.5. The van der Waals surface area contributed by atoms with Crippen molar-refractivity contribution in [3.05, 3.63) is 77.5 Å². The van der Waals surface area contributed by atoms with E-state index in [1.807, 2.05) is 18.2 Å². The lowest BCUT2D eigenvalue weighted by atomic mass is 10.00. The van der Waals surface area contributed by atoms with Crippen LogP contribution in [-0.2, 0) is 17.7 Å². The van der Waals surface area contributed by atoms with E-state index in [0.717, 1.165) is 31.0 Å². The lowest BCUT2D eigenvalue weighted by molar-refractivity contribution is 0.0526. The second-order valence-corrected chi connectivity index (χ2v) is 6.60. The molecule has 2 heterocycles. The molecular weight excluding hydrogens is 352 g/mol. The van der Waals surface area contributed by atoms with Crippen LogP contribution in [-0.4, -0.2) is 29.1 Å². The van der Waals surface area contributed by atoms with Gasteiger partial charge in [-0.1, -0.05) is 24.3 Å². The fourth-order valence-corrected chi connectivity index (χ4v) is 3.31. The number of fused-ring (bicyclic) bond motifs is 1. The van der Waals surface area contributed by atoms with Gasteiger partial charge in [-0.05, 0) is 54.8 Å². The first-order valence-corrected chi connectivity index (χ1v) is 9.42. The maximum atomic E-state index is 11.7. The van der Waals surface area contributed by atoms with Crippen molar-refractivity contribution in [3.63, 3.8) is 0 Å². The number of anilines is 3. The number of nitrogens with one attached hydrogen (secondary N) is 1. The molecule has 0 unspecified atom stereocenters. The zero-order valence-electron chi connectivity index (χ0n) is 15.8. The van der Waals surface area contributed by atoms with Gasteiger partial charge in [0, 0.05) is 25.0 Å². The zero-order valence-corrected chi connectivity index (χ0v) is 15.8. The number of hydrogen-bond donors (Lipinski definition) is 1. The zero-order chi connectivity index (χ0) is 19.3. The van der Waals surface area contributed by atoms with Crippen LogP contribution in [0.4, 0.5) is 17.5 Å². The molecule has 0 fully saturated rings. The van der Waals surface area contributed by atoms with Crippen LogP contribution in [0.5, 0.6) is 0 Å². The Morgan fingerprint density at radius 3 is 2.68 bits per heavy atom. The van der Waals surface area contributed by atoms with Crippen LogP contribution >= 0.6 is 0 Å². The third-order valence-electron chi connectivity index (χ3n) is 4.75. The van der Waals surface area contributed by atoms with E-state index in [0.29, 0.717) is 18.1 Å². The topological polar surface area (TPSA) is 67.3 Å². The number of rotatable bonds is 5. The van der Waals surface area contributed by atoms with E-state index in [-0.39, 0.29) is 5.97 Å². The van der Waals surface area contributed by atoms with Crippen molar-refractivity contribution in [2.24, 2.45) is 0 Å². The third kappa shape index (κ3) is 3.96. The number of carbonyl (C=O) groups is 1. The molecule has 0 bridgehead atoms. The Bertz CT molecular complexity index is 972. The SMILES string of the molecule is CCOC(=O)c1ccc(Nc2nccc(N3CCc4ccccc4C3)n2)cc1. The second kappa shape index (κ2) is 8.08. The molecule has 6 nitrogen and oxygen atoms in total. The van der Waals surface area contributed by atoms with Crippen molar-refractivity contribution in [1.29, 1.82) is 0 Å². The summed E-state index contributed by atoms with van der Waals surface area (Å²) in [6.07, 6.45) is 2.77. The summed E-state index contributed by atoms with van der Waals surface area (Å²) >= 11 is 0. The maximum Gasteiger partial charge on any atom is 0.338 e. The summed E-state index contributed by atoms with van der Waals surface area (Å²) in [5.41, 5.74) is 4.09. The largest absolute Gasteiger partial charge is 0.462 e. The Hall–Kier alpha value is -3.41. The van der Waals surface area contributed by atoms with Crippen LogP contribution in [0.2, 0.25) is 0 Å². The molecule has 0 spiro atoms. The van der Waals surface area contributed by atoms with Gasteiger partial charge in [0.25, 0.3) is 0 Å². The molecule has 0 aliphatic carbocycles. The number of benzene rings is 2. The molecular formula is C22H22N4O2. The summed E-state index contributed by atoms with van der Waals surface area (Å²) in [5, 5.41) is 3.20. The van der Waals surface area contributed by atoms with Crippen LogP contribution in [0, 0.1) is 0 Å². The molecule has 142 valence electrons. The van der Waals surface area contributed by atoms with Gasteiger partial charge in [0.1, 0.15) is 5.82 Å². The van der Waals surface area contributed by atoms with Gasteiger partial charge in [0.15, 0.2) is 0 Å². The fourth-order valence-electron chi connectivity index (χ4n) is 3.31. The third-order valence-corrected chi connectivity index (χ3v) is 4.75. The highest BCUT2D eigenvalue weighted by Gasteiger charge is 2.17. The molecule has 0 saturated heterocycles. The minimum Gasteiger partial charge on any atom is -0.462 e. The highest BCUT2D eigenvalue weighted by Crippen LogP contribution is 2.24. The van der Waals surface area contributed by atoms with Gasteiger partial charge < -0.3 is 15.0 Å². The highest BCUT2D eigenvalue weighted by molar-refractivity contribution is 5.89. The molecule has 3 aromatic rings. The standard InChI is InChI=1S/C22H22N4O2/c1-2-28-21(27)17-7-9-19(10-8-17)24-22-23-13-11-20(25-22)26-14-12-16-5-3-4-6-18(16)15-26/h3-11,13H,2,12,14-15H2,1H3,(H,23,24,25). The van der Waals surface area contributed by atoms with Crippen molar-refractivity contribution < 1.29 is 9.53 Å². The first-order chi connectivity index (χ1) is 13.7. The van der Waals surface area contributed by atoms with Crippen molar-refractivity contribution >= 4 is 23.4 Å². The van der Waals surface area contributed by atoms with Gasteiger partial charge >= 0.3 is 5.97 Å². The smallest absolute Gasteiger partial charge is 0.338 e. The van der Waals surface area contributed by atoms with Crippen molar-refractivity contribution in [1.82, 2.24) is 9.97 Å². The van der Waals surface area contributed by atoms with E-state index in [1.54, 1.807) is 25.3 Å². The van der Waals surface area contributed by atoms with E-state index in [4.69, 9.17) is 4.74 Å². The van der Waals surface area contributed by atoms with Gasteiger partial charge in [-0.3, -0.25) is 0 Å². The van der Waals surface area contributed by atoms with Gasteiger partial charge in [0.2, 0.25) is 5.95 Å². The Balaban J connectivity index is 1.46. The van der Waals surface area contributed by atoms with E-state index >= 15 is 0 Å². The monoisotopic (exact) mass is 374 g/mol. The molecule has 1 aliphatic heterocycles. The first-order valence-electron chi connectivity index (χ1n) is 9.42. The number of carbonyl (C=O) groups excluding carboxylic acids is 1. The number of ether oxygens (including phenoxy) is 1. The van der Waals surface area contributed by atoms with E-state index in [9.17, 15) is 4.79 Å². The Morgan fingerprint density at radius 2 is 1.89 bits per heavy atom. The first kappa shape index (κ1) is 18.0.